The van der Waals surface area contributed by atoms with Gasteiger partial charge in [0.25, 0.3) is 0 Å². The average molecular weight is 278 g/mol. The molecule has 0 radical (unpaired) electrons. The lowest BCUT2D eigenvalue weighted by Gasteiger charge is -2.04. The molecule has 4 nitrogen and oxygen atoms in total. The minimum absolute atomic E-state index is 0.492. The van der Waals surface area contributed by atoms with Gasteiger partial charge in [0.2, 0.25) is 0 Å². The van der Waals surface area contributed by atoms with Crippen LogP contribution in [0.2, 0.25) is 0 Å². The van der Waals surface area contributed by atoms with Gasteiger partial charge in [-0.25, -0.2) is 4.98 Å². The molecule has 0 saturated carbocycles. The average Bonchev–Trinajstić information content (AvgIpc) is 2.89. The summed E-state index contributed by atoms with van der Waals surface area (Å²) < 4.78 is 2.04. The molecule has 5 heteroatoms. The van der Waals surface area contributed by atoms with Crippen LogP contribution in [0, 0.1) is 20.8 Å². The number of thiazole rings is 1. The third-order valence-corrected chi connectivity index (χ3v) is 4.21. The summed E-state index contributed by atoms with van der Waals surface area (Å²) in [6.45, 7) is 12.2. The Balaban J connectivity index is 2.05. The minimum Gasteiger partial charge on any atom is -0.308 e. The van der Waals surface area contributed by atoms with E-state index < -0.39 is 0 Å². The molecule has 0 bridgehead atoms. The molecule has 2 rings (SSSR count). The predicted molar refractivity (Wildman–Crippen MR) is 79.6 cm³/mol. The highest BCUT2D eigenvalue weighted by Crippen LogP contribution is 2.15. The monoisotopic (exact) mass is 278 g/mol. The second-order valence-electron chi connectivity index (χ2n) is 5.22. The smallest absolute Gasteiger partial charge is 0.107 e. The van der Waals surface area contributed by atoms with E-state index in [9.17, 15) is 0 Å². The van der Waals surface area contributed by atoms with E-state index >= 15 is 0 Å². The molecule has 2 aromatic rings. The summed E-state index contributed by atoms with van der Waals surface area (Å²) >= 11 is 1.71. The van der Waals surface area contributed by atoms with Gasteiger partial charge in [-0.2, -0.15) is 5.10 Å². The first kappa shape index (κ1) is 14.2. The van der Waals surface area contributed by atoms with Gasteiger partial charge in [-0.05, 0) is 26.3 Å². The van der Waals surface area contributed by atoms with Crippen LogP contribution in [0.3, 0.4) is 0 Å². The molecule has 0 aromatic carbocycles. The molecular weight excluding hydrogens is 256 g/mol. The molecule has 0 atom stereocenters. The van der Waals surface area contributed by atoms with Gasteiger partial charge >= 0.3 is 0 Å². The van der Waals surface area contributed by atoms with Crippen LogP contribution in [0.25, 0.3) is 0 Å². The molecule has 104 valence electrons. The van der Waals surface area contributed by atoms with Crippen molar-refractivity contribution in [3.05, 3.63) is 33.0 Å². The van der Waals surface area contributed by atoms with E-state index in [2.05, 4.69) is 55.4 Å². The molecule has 0 saturated heterocycles. The number of hydrogen-bond donors (Lipinski definition) is 1. The lowest BCUT2D eigenvalue weighted by molar-refractivity contribution is 0.584. The Morgan fingerprint density at radius 3 is 2.63 bits per heavy atom. The van der Waals surface area contributed by atoms with Crippen LogP contribution in [-0.4, -0.2) is 20.8 Å². The van der Waals surface area contributed by atoms with E-state index in [1.165, 1.54) is 11.3 Å². The zero-order chi connectivity index (χ0) is 14.0. The van der Waals surface area contributed by atoms with Crippen molar-refractivity contribution in [1.82, 2.24) is 20.1 Å². The topological polar surface area (TPSA) is 42.7 Å². The van der Waals surface area contributed by atoms with Crippen molar-refractivity contribution in [3.8, 4) is 0 Å². The number of aromatic nitrogens is 3. The Labute approximate surface area is 118 Å². The molecule has 0 aliphatic heterocycles. The van der Waals surface area contributed by atoms with Gasteiger partial charge in [-0.3, -0.25) is 4.68 Å². The molecular formula is C14H22N4S. The zero-order valence-electron chi connectivity index (χ0n) is 12.3. The first-order valence-corrected chi connectivity index (χ1v) is 7.52. The predicted octanol–water partition coefficient (Wildman–Crippen LogP) is 2.81. The fraction of sp³-hybridized carbons (Fsp3) is 0.571. The van der Waals surface area contributed by atoms with E-state index in [0.717, 1.165) is 29.5 Å². The Morgan fingerprint density at radius 2 is 2.05 bits per heavy atom. The molecule has 2 aromatic heterocycles. The van der Waals surface area contributed by atoms with Crippen molar-refractivity contribution in [2.75, 3.05) is 0 Å². The maximum atomic E-state index is 4.65. The summed E-state index contributed by atoms with van der Waals surface area (Å²) in [6, 6.07) is 0.492. The van der Waals surface area contributed by atoms with Gasteiger partial charge < -0.3 is 5.32 Å². The van der Waals surface area contributed by atoms with Gasteiger partial charge in [0, 0.05) is 23.7 Å². The van der Waals surface area contributed by atoms with Gasteiger partial charge in [0.15, 0.2) is 0 Å². The Morgan fingerprint density at radius 1 is 1.32 bits per heavy atom. The summed E-state index contributed by atoms with van der Waals surface area (Å²) in [5.41, 5.74) is 4.70. The maximum absolute atomic E-state index is 4.65. The van der Waals surface area contributed by atoms with Crippen molar-refractivity contribution in [2.45, 2.75) is 53.8 Å². The molecule has 1 N–H and O–H groups in total. The normalized spacial score (nSPS) is 11.5. The van der Waals surface area contributed by atoms with Gasteiger partial charge in [-0.1, -0.05) is 13.8 Å². The van der Waals surface area contributed by atoms with Crippen LogP contribution >= 0.6 is 11.3 Å². The number of nitrogens with one attached hydrogen (secondary N) is 1. The molecule has 2 heterocycles. The zero-order valence-corrected chi connectivity index (χ0v) is 13.1. The van der Waals surface area contributed by atoms with Crippen molar-refractivity contribution in [1.29, 1.82) is 0 Å². The molecule has 0 fully saturated rings. The number of hydrogen-bond acceptors (Lipinski definition) is 4. The van der Waals surface area contributed by atoms with Crippen molar-refractivity contribution in [2.24, 2.45) is 0 Å². The van der Waals surface area contributed by atoms with E-state index in [1.54, 1.807) is 11.3 Å². The van der Waals surface area contributed by atoms with E-state index in [1.807, 2.05) is 4.68 Å². The minimum atomic E-state index is 0.492. The highest BCUT2D eigenvalue weighted by atomic mass is 32.1. The first-order valence-electron chi connectivity index (χ1n) is 6.64. The highest BCUT2D eigenvalue weighted by Gasteiger charge is 2.09. The SMILES string of the molecule is Cc1nn(Cc2csc(CNC(C)C)n2)c(C)c1C. The third kappa shape index (κ3) is 3.42. The maximum Gasteiger partial charge on any atom is 0.107 e. The second-order valence-corrected chi connectivity index (χ2v) is 6.16. The van der Waals surface area contributed by atoms with Gasteiger partial charge in [-0.15, -0.1) is 11.3 Å². The highest BCUT2D eigenvalue weighted by molar-refractivity contribution is 7.09. The molecule has 0 amide bonds. The molecule has 0 spiro atoms. The van der Waals surface area contributed by atoms with Crippen LogP contribution in [0.15, 0.2) is 5.38 Å². The summed E-state index contributed by atoms with van der Waals surface area (Å²) in [7, 11) is 0. The number of rotatable bonds is 5. The Bertz CT molecular complexity index is 554. The van der Waals surface area contributed by atoms with E-state index in [-0.39, 0.29) is 0 Å². The molecule has 0 aliphatic rings. The fourth-order valence-electron chi connectivity index (χ4n) is 1.89. The van der Waals surface area contributed by atoms with Crippen molar-refractivity contribution >= 4 is 11.3 Å². The van der Waals surface area contributed by atoms with Crippen molar-refractivity contribution in [3.63, 3.8) is 0 Å². The van der Waals surface area contributed by atoms with Crippen LogP contribution in [-0.2, 0) is 13.1 Å². The van der Waals surface area contributed by atoms with Crippen LogP contribution in [0.4, 0.5) is 0 Å². The number of aryl methyl sites for hydroxylation is 1. The quantitative estimate of drug-likeness (QED) is 0.914. The van der Waals surface area contributed by atoms with Gasteiger partial charge in [0.1, 0.15) is 5.01 Å². The molecule has 0 aliphatic carbocycles. The van der Waals surface area contributed by atoms with Crippen LogP contribution in [0.5, 0.6) is 0 Å². The van der Waals surface area contributed by atoms with E-state index in [4.69, 9.17) is 0 Å². The lowest BCUT2D eigenvalue weighted by atomic mass is 10.2. The van der Waals surface area contributed by atoms with Crippen LogP contribution < -0.4 is 5.32 Å². The van der Waals surface area contributed by atoms with Crippen LogP contribution in [0.1, 0.15) is 41.5 Å². The second kappa shape index (κ2) is 5.84. The lowest BCUT2D eigenvalue weighted by Crippen LogP contribution is -2.21. The first-order chi connectivity index (χ1) is 8.97. The summed E-state index contributed by atoms with van der Waals surface area (Å²) in [5.74, 6) is 0. The summed E-state index contributed by atoms with van der Waals surface area (Å²) in [6.07, 6.45) is 0. The molecule has 0 unspecified atom stereocenters. The summed E-state index contributed by atoms with van der Waals surface area (Å²) in [4.78, 5) is 4.65. The Kier molecular flexibility index (Phi) is 4.37. The standard InChI is InChI=1S/C14H22N4S/c1-9(2)15-6-14-16-13(8-19-14)7-18-12(5)10(3)11(4)17-18/h8-9,15H,6-7H2,1-5H3. The van der Waals surface area contributed by atoms with Crippen molar-refractivity contribution < 1.29 is 0 Å². The third-order valence-electron chi connectivity index (χ3n) is 3.32. The van der Waals surface area contributed by atoms with Gasteiger partial charge in [0.05, 0.1) is 17.9 Å². The van der Waals surface area contributed by atoms with E-state index in [0.29, 0.717) is 6.04 Å². The fourth-order valence-corrected chi connectivity index (χ4v) is 2.62. The summed E-state index contributed by atoms with van der Waals surface area (Å²) in [5, 5.41) is 11.2. The number of nitrogens with zero attached hydrogens (tertiary/aromatic N) is 3. The Hall–Kier alpha value is -1.20. The molecule has 19 heavy (non-hydrogen) atoms. The largest absolute Gasteiger partial charge is 0.308 e.